The summed E-state index contributed by atoms with van der Waals surface area (Å²) in [4.78, 5) is 8.50. The number of aromatic nitrogens is 1. The van der Waals surface area contributed by atoms with Crippen LogP contribution < -0.4 is 5.48 Å². The van der Waals surface area contributed by atoms with E-state index in [1.54, 1.807) is 6.20 Å². The Bertz CT molecular complexity index is 129. The molecule has 0 bridgehead atoms. The smallest absolute Gasteiger partial charge is 0.180 e. The van der Waals surface area contributed by atoms with Crippen molar-refractivity contribution in [3.8, 4) is 0 Å². The molecule has 0 saturated carbocycles. The van der Waals surface area contributed by atoms with E-state index in [0.717, 1.165) is 13.2 Å². The lowest BCUT2D eigenvalue weighted by molar-refractivity contribution is 0.0525. The van der Waals surface area contributed by atoms with Crippen LogP contribution in [0.1, 0.15) is 19.3 Å². The first-order valence-electron chi connectivity index (χ1n) is 4.17. The molecule has 0 aromatic carbocycles. The van der Waals surface area contributed by atoms with Crippen LogP contribution >= 0.6 is 0 Å². The van der Waals surface area contributed by atoms with Gasteiger partial charge in [-0.2, -0.15) is 0 Å². The molecule has 2 heterocycles. The summed E-state index contributed by atoms with van der Waals surface area (Å²) in [6.07, 6.45) is 8.26. The molecule has 1 aliphatic rings. The SMILES string of the molecule is C1CCNOCC1.c1cocn1. The number of hydrogen-bond donors (Lipinski definition) is 1. The van der Waals surface area contributed by atoms with Crippen LogP contribution in [0.2, 0.25) is 0 Å². The van der Waals surface area contributed by atoms with Gasteiger partial charge >= 0.3 is 0 Å². The van der Waals surface area contributed by atoms with Crippen molar-refractivity contribution >= 4 is 0 Å². The molecule has 2 rings (SSSR count). The average Bonchev–Trinajstić information content (AvgIpc) is 2.54. The van der Waals surface area contributed by atoms with Gasteiger partial charge in [0.05, 0.1) is 12.8 Å². The van der Waals surface area contributed by atoms with Crippen LogP contribution in [0.4, 0.5) is 0 Å². The quantitative estimate of drug-likeness (QED) is 0.638. The molecule has 1 aromatic heterocycles. The zero-order valence-corrected chi connectivity index (χ0v) is 7.03. The van der Waals surface area contributed by atoms with E-state index in [1.165, 1.54) is 31.9 Å². The third-order valence-corrected chi connectivity index (χ3v) is 1.47. The predicted molar refractivity (Wildman–Crippen MR) is 44.3 cm³/mol. The molecule has 0 radical (unpaired) electrons. The van der Waals surface area contributed by atoms with Crippen molar-refractivity contribution in [3.05, 3.63) is 18.9 Å². The maximum absolute atomic E-state index is 4.94. The summed E-state index contributed by atoms with van der Waals surface area (Å²) >= 11 is 0. The molecule has 1 N–H and O–H groups in total. The lowest BCUT2D eigenvalue weighted by Gasteiger charge is -1.94. The molecule has 1 aliphatic heterocycles. The molecule has 0 spiro atoms. The highest BCUT2D eigenvalue weighted by atomic mass is 16.6. The van der Waals surface area contributed by atoms with Crippen molar-refractivity contribution in [1.82, 2.24) is 10.5 Å². The summed E-state index contributed by atoms with van der Waals surface area (Å²) in [5.74, 6) is 0. The van der Waals surface area contributed by atoms with Gasteiger partial charge in [0.1, 0.15) is 6.26 Å². The normalized spacial score (nSPS) is 17.3. The van der Waals surface area contributed by atoms with Gasteiger partial charge in [0, 0.05) is 6.54 Å². The van der Waals surface area contributed by atoms with E-state index in [2.05, 4.69) is 14.9 Å². The monoisotopic (exact) mass is 170 g/mol. The third kappa shape index (κ3) is 4.87. The minimum Gasteiger partial charge on any atom is -0.452 e. The van der Waals surface area contributed by atoms with Gasteiger partial charge in [-0.1, -0.05) is 0 Å². The Labute approximate surface area is 71.9 Å². The van der Waals surface area contributed by atoms with Gasteiger partial charge in [-0.25, -0.2) is 10.5 Å². The van der Waals surface area contributed by atoms with Crippen molar-refractivity contribution in [2.24, 2.45) is 0 Å². The molecule has 12 heavy (non-hydrogen) atoms. The summed E-state index contributed by atoms with van der Waals surface area (Å²) in [6.45, 7) is 1.92. The Morgan fingerprint density at radius 3 is 2.92 bits per heavy atom. The molecule has 4 heteroatoms. The van der Waals surface area contributed by atoms with Gasteiger partial charge in [-0.3, -0.25) is 0 Å². The van der Waals surface area contributed by atoms with E-state index in [4.69, 9.17) is 4.84 Å². The van der Waals surface area contributed by atoms with Gasteiger partial charge in [-0.05, 0) is 19.3 Å². The lowest BCUT2D eigenvalue weighted by Crippen LogP contribution is -2.12. The molecule has 1 saturated heterocycles. The van der Waals surface area contributed by atoms with E-state index >= 15 is 0 Å². The Hall–Kier alpha value is -0.870. The topological polar surface area (TPSA) is 47.3 Å². The van der Waals surface area contributed by atoms with E-state index in [1.807, 2.05) is 0 Å². The summed E-state index contributed by atoms with van der Waals surface area (Å²) in [5, 5.41) is 0. The number of nitrogens with one attached hydrogen (secondary N) is 1. The Balaban J connectivity index is 0.000000127. The van der Waals surface area contributed by atoms with Crippen LogP contribution in [0.3, 0.4) is 0 Å². The van der Waals surface area contributed by atoms with E-state index < -0.39 is 0 Å². The maximum atomic E-state index is 4.94. The Morgan fingerprint density at radius 2 is 2.25 bits per heavy atom. The van der Waals surface area contributed by atoms with E-state index in [-0.39, 0.29) is 0 Å². The van der Waals surface area contributed by atoms with Crippen molar-refractivity contribution in [1.29, 1.82) is 0 Å². The molecular formula is C8H14N2O2. The number of nitrogens with zero attached hydrogens (tertiary/aromatic N) is 1. The predicted octanol–water partition coefficient (Wildman–Crippen LogP) is 1.37. The van der Waals surface area contributed by atoms with Crippen molar-refractivity contribution in [2.75, 3.05) is 13.2 Å². The molecule has 0 atom stereocenters. The third-order valence-electron chi connectivity index (χ3n) is 1.47. The fourth-order valence-corrected chi connectivity index (χ4v) is 0.868. The second kappa shape index (κ2) is 6.82. The van der Waals surface area contributed by atoms with Crippen LogP contribution in [-0.4, -0.2) is 18.1 Å². The summed E-state index contributed by atoms with van der Waals surface area (Å²) in [6, 6.07) is 0. The summed E-state index contributed by atoms with van der Waals surface area (Å²) < 4.78 is 4.47. The number of rotatable bonds is 0. The van der Waals surface area contributed by atoms with Gasteiger partial charge in [0.2, 0.25) is 0 Å². The fraction of sp³-hybridized carbons (Fsp3) is 0.625. The minimum absolute atomic E-state index is 0.889. The zero-order chi connectivity index (χ0) is 8.49. The van der Waals surface area contributed by atoms with E-state index in [9.17, 15) is 0 Å². The lowest BCUT2D eigenvalue weighted by atomic mass is 10.2. The number of hydrogen-bond acceptors (Lipinski definition) is 4. The van der Waals surface area contributed by atoms with Crippen molar-refractivity contribution in [3.63, 3.8) is 0 Å². The zero-order valence-electron chi connectivity index (χ0n) is 7.03. The first-order chi connectivity index (χ1) is 6.00. The highest BCUT2D eigenvalue weighted by Crippen LogP contribution is 1.96. The first-order valence-corrected chi connectivity index (χ1v) is 4.17. The van der Waals surface area contributed by atoms with Crippen molar-refractivity contribution in [2.45, 2.75) is 19.3 Å². The van der Waals surface area contributed by atoms with Gasteiger partial charge < -0.3 is 9.25 Å². The molecular weight excluding hydrogens is 156 g/mol. The standard InChI is InChI=1S/C5H11NO.C3H3NO/c1-2-4-6-7-5-3-1;1-2-5-3-4-1/h6H,1-5H2;1-3H. The number of hydroxylamine groups is 1. The highest BCUT2D eigenvalue weighted by Gasteiger charge is 1.94. The van der Waals surface area contributed by atoms with Crippen LogP contribution in [0.15, 0.2) is 23.3 Å². The highest BCUT2D eigenvalue weighted by molar-refractivity contribution is 4.56. The molecule has 0 unspecified atom stereocenters. The van der Waals surface area contributed by atoms with E-state index in [0.29, 0.717) is 0 Å². The summed E-state index contributed by atoms with van der Waals surface area (Å²) in [7, 11) is 0. The molecule has 0 amide bonds. The average molecular weight is 170 g/mol. The van der Waals surface area contributed by atoms with Crippen LogP contribution in [0.25, 0.3) is 0 Å². The molecule has 1 aromatic rings. The molecule has 68 valence electrons. The Kier molecular flexibility index (Phi) is 5.24. The van der Waals surface area contributed by atoms with Gasteiger partial charge in [0.25, 0.3) is 0 Å². The number of oxazole rings is 1. The van der Waals surface area contributed by atoms with Crippen LogP contribution in [-0.2, 0) is 4.84 Å². The van der Waals surface area contributed by atoms with Crippen LogP contribution in [0, 0.1) is 0 Å². The Morgan fingerprint density at radius 1 is 1.25 bits per heavy atom. The van der Waals surface area contributed by atoms with Gasteiger partial charge in [-0.15, -0.1) is 0 Å². The van der Waals surface area contributed by atoms with Crippen molar-refractivity contribution < 1.29 is 9.25 Å². The second-order valence-corrected chi connectivity index (χ2v) is 2.48. The minimum atomic E-state index is 0.889. The second-order valence-electron chi connectivity index (χ2n) is 2.48. The molecule has 4 nitrogen and oxygen atoms in total. The molecule has 0 aliphatic carbocycles. The molecule has 1 fully saturated rings. The van der Waals surface area contributed by atoms with Crippen LogP contribution in [0.5, 0.6) is 0 Å². The fourth-order valence-electron chi connectivity index (χ4n) is 0.868. The maximum Gasteiger partial charge on any atom is 0.180 e. The largest absolute Gasteiger partial charge is 0.452 e. The first kappa shape index (κ1) is 9.22. The van der Waals surface area contributed by atoms with Gasteiger partial charge in [0.15, 0.2) is 6.39 Å². The summed E-state index contributed by atoms with van der Waals surface area (Å²) in [5.41, 5.74) is 2.85.